The van der Waals surface area contributed by atoms with Gasteiger partial charge in [0.2, 0.25) is 0 Å². The van der Waals surface area contributed by atoms with Crippen molar-refractivity contribution in [1.82, 2.24) is 19.7 Å². The molecule has 1 saturated heterocycles. The second kappa shape index (κ2) is 5.06. The first-order valence-electron chi connectivity index (χ1n) is 7.91. The van der Waals surface area contributed by atoms with Gasteiger partial charge >= 0.3 is 6.03 Å². The number of amides is 2. The Hall–Kier alpha value is -2.89. The molecule has 4 rings (SSSR count). The summed E-state index contributed by atoms with van der Waals surface area (Å²) in [5.74, 6) is 0. The molecular formula is C18H19N5O. The standard InChI is InChI=1S/C18H19N5O/c1-18(2)16(22-12-19-11-20-22)23(17(24)21(18)3)15-10-6-8-13-7-4-5-9-14(13)15/h4-12,16H,1-3H3/t16-/m1/s1. The molecule has 0 bridgehead atoms. The highest BCUT2D eigenvalue weighted by molar-refractivity contribution is 6.04. The van der Waals surface area contributed by atoms with E-state index in [2.05, 4.69) is 22.2 Å². The van der Waals surface area contributed by atoms with Crippen molar-refractivity contribution >= 4 is 22.5 Å². The molecule has 1 atom stereocenters. The van der Waals surface area contributed by atoms with Crippen molar-refractivity contribution in [3.63, 3.8) is 0 Å². The minimum Gasteiger partial charge on any atom is -0.318 e. The zero-order valence-electron chi connectivity index (χ0n) is 13.9. The third kappa shape index (κ3) is 1.92. The molecule has 24 heavy (non-hydrogen) atoms. The lowest BCUT2D eigenvalue weighted by Crippen LogP contribution is -2.42. The maximum absolute atomic E-state index is 13.1. The zero-order chi connectivity index (χ0) is 16.9. The lowest BCUT2D eigenvalue weighted by Gasteiger charge is -2.33. The number of nitrogens with zero attached hydrogens (tertiary/aromatic N) is 5. The first-order valence-corrected chi connectivity index (χ1v) is 7.91. The van der Waals surface area contributed by atoms with Crippen LogP contribution in [0, 0.1) is 0 Å². The second-order valence-electron chi connectivity index (χ2n) is 6.61. The summed E-state index contributed by atoms with van der Waals surface area (Å²) in [4.78, 5) is 20.7. The van der Waals surface area contributed by atoms with Crippen LogP contribution in [0.4, 0.5) is 10.5 Å². The first-order chi connectivity index (χ1) is 11.5. The largest absolute Gasteiger partial charge is 0.326 e. The molecule has 1 fully saturated rings. The number of carbonyl (C=O) groups excluding carboxylic acids is 1. The van der Waals surface area contributed by atoms with E-state index < -0.39 is 5.54 Å². The molecule has 2 amide bonds. The number of benzene rings is 2. The third-order valence-electron chi connectivity index (χ3n) is 4.95. The van der Waals surface area contributed by atoms with E-state index in [0.717, 1.165) is 16.5 Å². The van der Waals surface area contributed by atoms with Crippen molar-refractivity contribution in [2.75, 3.05) is 11.9 Å². The Morgan fingerprint density at radius 1 is 1.08 bits per heavy atom. The van der Waals surface area contributed by atoms with Crippen LogP contribution in [0.3, 0.4) is 0 Å². The van der Waals surface area contributed by atoms with Gasteiger partial charge in [-0.3, -0.25) is 4.90 Å². The Kier molecular flexibility index (Phi) is 3.09. The molecule has 0 aliphatic carbocycles. The van der Waals surface area contributed by atoms with Gasteiger partial charge in [-0.05, 0) is 25.3 Å². The van der Waals surface area contributed by atoms with Crippen molar-refractivity contribution in [3.05, 3.63) is 55.1 Å². The van der Waals surface area contributed by atoms with Crippen molar-refractivity contribution in [1.29, 1.82) is 0 Å². The molecule has 1 aliphatic rings. The summed E-state index contributed by atoms with van der Waals surface area (Å²) < 4.78 is 1.75. The molecule has 6 heteroatoms. The van der Waals surface area contributed by atoms with E-state index in [4.69, 9.17) is 0 Å². The number of rotatable bonds is 2. The summed E-state index contributed by atoms with van der Waals surface area (Å²) in [6.07, 6.45) is 2.89. The van der Waals surface area contributed by atoms with Gasteiger partial charge in [-0.2, -0.15) is 5.10 Å². The first kappa shape index (κ1) is 14.7. The maximum atomic E-state index is 13.1. The second-order valence-corrected chi connectivity index (χ2v) is 6.61. The van der Waals surface area contributed by atoms with Gasteiger partial charge in [0.25, 0.3) is 0 Å². The van der Waals surface area contributed by atoms with Crippen molar-refractivity contribution in [3.8, 4) is 0 Å². The highest BCUT2D eigenvalue weighted by atomic mass is 16.2. The zero-order valence-corrected chi connectivity index (χ0v) is 13.9. The Labute approximate surface area is 140 Å². The summed E-state index contributed by atoms with van der Waals surface area (Å²) in [7, 11) is 1.83. The van der Waals surface area contributed by atoms with Crippen LogP contribution >= 0.6 is 0 Å². The topological polar surface area (TPSA) is 54.3 Å². The molecule has 1 aromatic heterocycles. The SMILES string of the molecule is CN1C(=O)N(c2cccc3ccccc23)[C@@H](n2cncn2)C1(C)C. The van der Waals surface area contributed by atoms with Crippen LogP contribution in [0.15, 0.2) is 55.1 Å². The molecule has 122 valence electrons. The number of aromatic nitrogens is 3. The van der Waals surface area contributed by atoms with E-state index >= 15 is 0 Å². The normalized spacial score (nSPS) is 20.1. The molecule has 0 radical (unpaired) electrons. The Bertz CT molecular complexity index is 897. The van der Waals surface area contributed by atoms with Crippen molar-refractivity contribution in [2.45, 2.75) is 25.6 Å². The summed E-state index contributed by atoms with van der Waals surface area (Å²) in [5.41, 5.74) is 0.456. The van der Waals surface area contributed by atoms with E-state index in [9.17, 15) is 4.79 Å². The van der Waals surface area contributed by atoms with E-state index in [0.29, 0.717) is 0 Å². The van der Waals surface area contributed by atoms with Gasteiger partial charge in [-0.25, -0.2) is 14.5 Å². The molecular weight excluding hydrogens is 302 g/mol. The highest BCUT2D eigenvalue weighted by Gasteiger charge is 2.52. The smallest absolute Gasteiger partial charge is 0.318 e. The van der Waals surface area contributed by atoms with E-state index in [1.165, 1.54) is 6.33 Å². The van der Waals surface area contributed by atoms with Crippen LogP contribution in [0.1, 0.15) is 20.0 Å². The van der Waals surface area contributed by atoms with Gasteiger partial charge in [0.05, 0.1) is 11.2 Å². The number of carbonyl (C=O) groups is 1. The van der Waals surface area contributed by atoms with Crippen molar-refractivity contribution in [2.24, 2.45) is 0 Å². The number of urea groups is 1. The summed E-state index contributed by atoms with van der Waals surface area (Å²) in [6, 6.07) is 14.1. The van der Waals surface area contributed by atoms with Gasteiger partial charge in [0.15, 0.2) is 6.17 Å². The summed E-state index contributed by atoms with van der Waals surface area (Å²) >= 11 is 0. The predicted octanol–water partition coefficient (Wildman–Crippen LogP) is 3.28. The predicted molar refractivity (Wildman–Crippen MR) is 92.7 cm³/mol. The fourth-order valence-electron chi connectivity index (χ4n) is 3.44. The molecule has 2 heterocycles. The monoisotopic (exact) mass is 321 g/mol. The molecule has 0 unspecified atom stereocenters. The summed E-state index contributed by atoms with van der Waals surface area (Å²) in [6.45, 7) is 4.09. The molecule has 2 aromatic carbocycles. The molecule has 3 aromatic rings. The number of hydrogen-bond acceptors (Lipinski definition) is 3. The third-order valence-corrected chi connectivity index (χ3v) is 4.95. The van der Waals surface area contributed by atoms with Gasteiger partial charge in [-0.15, -0.1) is 0 Å². The van der Waals surface area contributed by atoms with Crippen LogP contribution in [0.25, 0.3) is 10.8 Å². The van der Waals surface area contributed by atoms with Crippen LogP contribution < -0.4 is 4.90 Å². The van der Waals surface area contributed by atoms with E-state index in [-0.39, 0.29) is 12.2 Å². The number of anilines is 1. The van der Waals surface area contributed by atoms with E-state index in [1.807, 2.05) is 56.1 Å². The van der Waals surface area contributed by atoms with Gasteiger partial charge in [0.1, 0.15) is 12.7 Å². The Morgan fingerprint density at radius 3 is 2.58 bits per heavy atom. The average Bonchev–Trinajstić information content (AvgIpc) is 3.16. The number of fused-ring (bicyclic) bond motifs is 1. The quantitative estimate of drug-likeness (QED) is 0.728. The Morgan fingerprint density at radius 2 is 1.83 bits per heavy atom. The maximum Gasteiger partial charge on any atom is 0.326 e. The fourth-order valence-corrected chi connectivity index (χ4v) is 3.44. The van der Waals surface area contributed by atoms with E-state index in [1.54, 1.807) is 15.9 Å². The lowest BCUT2D eigenvalue weighted by atomic mass is 10.00. The lowest BCUT2D eigenvalue weighted by molar-refractivity contribution is 0.168. The molecule has 0 saturated carbocycles. The molecule has 6 nitrogen and oxygen atoms in total. The van der Waals surface area contributed by atoms with Crippen LogP contribution in [-0.4, -0.2) is 38.3 Å². The minimum atomic E-state index is -0.429. The summed E-state index contributed by atoms with van der Waals surface area (Å²) in [5, 5.41) is 6.45. The van der Waals surface area contributed by atoms with Gasteiger partial charge < -0.3 is 4.90 Å². The van der Waals surface area contributed by atoms with Gasteiger partial charge in [0, 0.05) is 12.4 Å². The fraction of sp³-hybridized carbons (Fsp3) is 0.278. The molecule has 0 N–H and O–H groups in total. The Balaban J connectivity index is 1.96. The average molecular weight is 321 g/mol. The van der Waals surface area contributed by atoms with Crippen molar-refractivity contribution < 1.29 is 4.79 Å². The number of likely N-dealkylation sites (N-methyl/N-ethyl adjacent to an activating group) is 1. The minimum absolute atomic E-state index is 0.0446. The van der Waals surface area contributed by atoms with Crippen LogP contribution in [0.5, 0.6) is 0 Å². The molecule has 0 spiro atoms. The number of hydrogen-bond donors (Lipinski definition) is 0. The highest BCUT2D eigenvalue weighted by Crippen LogP contribution is 2.43. The van der Waals surface area contributed by atoms with Crippen LogP contribution in [-0.2, 0) is 0 Å². The van der Waals surface area contributed by atoms with Crippen LogP contribution in [0.2, 0.25) is 0 Å². The molecule has 1 aliphatic heterocycles. The van der Waals surface area contributed by atoms with Gasteiger partial charge in [-0.1, -0.05) is 36.4 Å².